The van der Waals surface area contributed by atoms with Crippen molar-refractivity contribution in [3.05, 3.63) is 59.7 Å². The Hall–Kier alpha value is -2.82. The number of benzene rings is 2. The van der Waals surface area contributed by atoms with Crippen molar-refractivity contribution >= 4 is 23.2 Å². The van der Waals surface area contributed by atoms with Gasteiger partial charge in [-0.1, -0.05) is 19.9 Å². The molecule has 5 nitrogen and oxygen atoms in total. The van der Waals surface area contributed by atoms with Crippen LogP contribution in [0.5, 0.6) is 0 Å². The number of nitrogens with two attached hydrogens (primary N) is 1. The summed E-state index contributed by atoms with van der Waals surface area (Å²) in [6.07, 6.45) is 2.34. The number of carbonyl (C=O) groups is 2. The average Bonchev–Trinajstić information content (AvgIpc) is 2.62. The van der Waals surface area contributed by atoms with Gasteiger partial charge >= 0.3 is 0 Å². The second-order valence-electron chi connectivity index (χ2n) is 7.60. The van der Waals surface area contributed by atoms with Crippen LogP contribution in [0.25, 0.3) is 0 Å². The quantitative estimate of drug-likeness (QED) is 0.882. The number of primary amides is 1. The summed E-state index contributed by atoms with van der Waals surface area (Å²) in [5.74, 6) is -0.729. The molecule has 2 aromatic rings. The van der Waals surface area contributed by atoms with Gasteiger partial charge in [0, 0.05) is 35.6 Å². The van der Waals surface area contributed by atoms with Crippen LogP contribution in [0.15, 0.2) is 48.5 Å². The first-order chi connectivity index (χ1) is 12.3. The van der Waals surface area contributed by atoms with Crippen molar-refractivity contribution in [1.82, 2.24) is 0 Å². The molecule has 3 rings (SSSR count). The number of piperidine rings is 1. The lowest BCUT2D eigenvalue weighted by molar-refractivity contribution is 0.0996. The van der Waals surface area contributed by atoms with E-state index in [0.29, 0.717) is 22.2 Å². The van der Waals surface area contributed by atoms with E-state index in [9.17, 15) is 9.59 Å². The maximum absolute atomic E-state index is 12.4. The highest BCUT2D eigenvalue weighted by Crippen LogP contribution is 2.32. The van der Waals surface area contributed by atoms with Crippen LogP contribution in [0.2, 0.25) is 0 Å². The third-order valence-electron chi connectivity index (χ3n) is 5.02. The van der Waals surface area contributed by atoms with Crippen LogP contribution < -0.4 is 16.0 Å². The number of nitrogens with zero attached hydrogens (tertiary/aromatic N) is 1. The minimum Gasteiger partial charge on any atom is -0.371 e. The van der Waals surface area contributed by atoms with Gasteiger partial charge in [0.1, 0.15) is 0 Å². The second-order valence-corrected chi connectivity index (χ2v) is 7.60. The number of hydrogen-bond donors (Lipinski definition) is 2. The third-order valence-corrected chi connectivity index (χ3v) is 5.02. The normalized spacial score (nSPS) is 16.2. The summed E-state index contributed by atoms with van der Waals surface area (Å²) in [4.78, 5) is 26.0. The zero-order valence-corrected chi connectivity index (χ0v) is 15.3. The average molecular weight is 351 g/mol. The topological polar surface area (TPSA) is 75.4 Å². The lowest BCUT2D eigenvalue weighted by atomic mass is 9.82. The number of carbonyl (C=O) groups excluding carboxylic acids is 2. The van der Waals surface area contributed by atoms with E-state index in [1.165, 1.54) is 12.8 Å². The number of nitrogens with one attached hydrogen (secondary N) is 1. The number of hydrogen-bond acceptors (Lipinski definition) is 3. The third kappa shape index (κ3) is 4.23. The van der Waals surface area contributed by atoms with Gasteiger partial charge in [0.25, 0.3) is 5.91 Å². The maximum atomic E-state index is 12.4. The summed E-state index contributed by atoms with van der Waals surface area (Å²) in [6.45, 7) is 6.70. The van der Waals surface area contributed by atoms with Gasteiger partial charge in [0.2, 0.25) is 5.91 Å². The van der Waals surface area contributed by atoms with Crippen molar-refractivity contribution in [3.63, 3.8) is 0 Å². The molecule has 0 unspecified atom stereocenters. The summed E-state index contributed by atoms with van der Waals surface area (Å²) in [5, 5.41) is 2.80. The molecule has 0 bridgehead atoms. The standard InChI is InChI=1S/C21H25N3O2/c1-21(2)10-12-24(13-11-21)18-8-6-15(7-9-18)20(26)23-17-5-3-4-16(14-17)19(22)25/h3-9,14H,10-13H2,1-2H3,(H2,22,25)(H,23,26). The fourth-order valence-corrected chi connectivity index (χ4v) is 3.15. The summed E-state index contributed by atoms with van der Waals surface area (Å²) in [5.41, 5.74) is 8.33. The Kier molecular flexibility index (Phi) is 4.98. The van der Waals surface area contributed by atoms with Gasteiger partial charge in [-0.3, -0.25) is 9.59 Å². The summed E-state index contributed by atoms with van der Waals surface area (Å²) in [6, 6.07) is 14.3. The second kappa shape index (κ2) is 7.20. The SMILES string of the molecule is CC1(C)CCN(c2ccc(C(=O)Nc3cccc(C(N)=O)c3)cc2)CC1. The van der Waals surface area contributed by atoms with Crippen LogP contribution in [0, 0.1) is 5.41 Å². The van der Waals surface area contributed by atoms with E-state index in [1.54, 1.807) is 24.3 Å². The fraction of sp³-hybridized carbons (Fsp3) is 0.333. The lowest BCUT2D eigenvalue weighted by Gasteiger charge is -2.38. The minimum atomic E-state index is -0.518. The zero-order chi connectivity index (χ0) is 18.7. The highest BCUT2D eigenvalue weighted by atomic mass is 16.2. The molecule has 3 N–H and O–H groups in total. The highest BCUT2D eigenvalue weighted by molar-refractivity contribution is 6.05. The predicted molar refractivity (Wildman–Crippen MR) is 105 cm³/mol. The van der Waals surface area contributed by atoms with E-state index < -0.39 is 5.91 Å². The largest absolute Gasteiger partial charge is 0.371 e. The Morgan fingerprint density at radius 2 is 1.65 bits per heavy atom. The molecule has 0 spiro atoms. The van der Waals surface area contributed by atoms with Crippen molar-refractivity contribution in [1.29, 1.82) is 0 Å². The van der Waals surface area contributed by atoms with Crippen molar-refractivity contribution < 1.29 is 9.59 Å². The van der Waals surface area contributed by atoms with E-state index in [-0.39, 0.29) is 5.91 Å². The van der Waals surface area contributed by atoms with Gasteiger partial charge in [0.05, 0.1) is 0 Å². The first-order valence-electron chi connectivity index (χ1n) is 8.90. The van der Waals surface area contributed by atoms with Crippen molar-refractivity contribution in [3.8, 4) is 0 Å². The van der Waals surface area contributed by atoms with E-state index in [1.807, 2.05) is 24.3 Å². The molecular formula is C21H25N3O2. The Bertz CT molecular complexity index is 802. The Balaban J connectivity index is 1.66. The van der Waals surface area contributed by atoms with Gasteiger partial charge in [-0.15, -0.1) is 0 Å². The number of rotatable bonds is 4. The van der Waals surface area contributed by atoms with E-state index in [4.69, 9.17) is 5.73 Å². The molecule has 0 atom stereocenters. The summed E-state index contributed by atoms with van der Waals surface area (Å²) < 4.78 is 0. The number of amides is 2. The highest BCUT2D eigenvalue weighted by Gasteiger charge is 2.25. The number of anilines is 2. The molecule has 1 aliphatic rings. The lowest BCUT2D eigenvalue weighted by Crippen LogP contribution is -2.37. The van der Waals surface area contributed by atoms with Gasteiger partial charge in [-0.05, 0) is 60.7 Å². The molecule has 5 heteroatoms. The molecule has 136 valence electrons. The van der Waals surface area contributed by atoms with Gasteiger partial charge in [-0.2, -0.15) is 0 Å². The summed E-state index contributed by atoms with van der Waals surface area (Å²) in [7, 11) is 0. The molecule has 1 fully saturated rings. The van der Waals surface area contributed by atoms with Crippen LogP contribution in [0.1, 0.15) is 47.4 Å². The molecule has 1 saturated heterocycles. The summed E-state index contributed by atoms with van der Waals surface area (Å²) >= 11 is 0. The smallest absolute Gasteiger partial charge is 0.255 e. The van der Waals surface area contributed by atoms with Gasteiger partial charge in [0.15, 0.2) is 0 Å². The molecule has 0 aromatic heterocycles. The first kappa shape index (κ1) is 18.0. The van der Waals surface area contributed by atoms with Crippen LogP contribution in [0.4, 0.5) is 11.4 Å². The fourth-order valence-electron chi connectivity index (χ4n) is 3.15. The Morgan fingerprint density at radius 1 is 1.00 bits per heavy atom. The predicted octanol–water partition coefficient (Wildman–Crippen LogP) is 3.66. The molecular weight excluding hydrogens is 326 g/mol. The van der Waals surface area contributed by atoms with Gasteiger partial charge < -0.3 is 16.0 Å². The minimum absolute atomic E-state index is 0.210. The van der Waals surface area contributed by atoms with E-state index in [0.717, 1.165) is 18.8 Å². The molecule has 2 aromatic carbocycles. The van der Waals surface area contributed by atoms with Crippen molar-refractivity contribution in [2.45, 2.75) is 26.7 Å². The first-order valence-corrected chi connectivity index (χ1v) is 8.90. The van der Waals surface area contributed by atoms with E-state index in [2.05, 4.69) is 24.1 Å². The molecule has 0 saturated carbocycles. The van der Waals surface area contributed by atoms with Crippen LogP contribution in [0.3, 0.4) is 0 Å². The van der Waals surface area contributed by atoms with Crippen LogP contribution >= 0.6 is 0 Å². The molecule has 1 heterocycles. The van der Waals surface area contributed by atoms with Crippen LogP contribution in [-0.4, -0.2) is 24.9 Å². The van der Waals surface area contributed by atoms with Gasteiger partial charge in [-0.25, -0.2) is 0 Å². The zero-order valence-electron chi connectivity index (χ0n) is 15.3. The maximum Gasteiger partial charge on any atom is 0.255 e. The molecule has 0 aliphatic carbocycles. The van der Waals surface area contributed by atoms with Crippen LogP contribution in [-0.2, 0) is 0 Å². The molecule has 0 radical (unpaired) electrons. The van der Waals surface area contributed by atoms with E-state index >= 15 is 0 Å². The Morgan fingerprint density at radius 3 is 2.27 bits per heavy atom. The monoisotopic (exact) mass is 351 g/mol. The molecule has 26 heavy (non-hydrogen) atoms. The van der Waals surface area contributed by atoms with Crippen molar-refractivity contribution in [2.75, 3.05) is 23.3 Å². The van der Waals surface area contributed by atoms with Crippen molar-refractivity contribution in [2.24, 2.45) is 11.1 Å². The molecule has 2 amide bonds. The molecule has 1 aliphatic heterocycles. The Labute approximate surface area is 154 Å².